The lowest BCUT2D eigenvalue weighted by Crippen LogP contribution is -2.20. The maximum absolute atomic E-state index is 5.81. The van der Waals surface area contributed by atoms with E-state index in [2.05, 4.69) is 9.95 Å². The first-order chi connectivity index (χ1) is 15.7. The zero-order valence-corrected chi connectivity index (χ0v) is 19.9. The van der Waals surface area contributed by atoms with Gasteiger partial charge < -0.3 is 23.5 Å². The number of hydrogen-bond acceptors (Lipinski definition) is 6. The first-order valence-electron chi connectivity index (χ1n) is 11.0. The number of para-hydroxylation sites is 2. The minimum Gasteiger partial charge on any atom is -0.493 e. The van der Waals surface area contributed by atoms with Crippen LogP contribution in [0.4, 0.5) is 5.69 Å². The van der Waals surface area contributed by atoms with Crippen LogP contribution in [0.1, 0.15) is 38.6 Å². The predicted octanol–water partition coefficient (Wildman–Crippen LogP) is 5.99. The molecule has 0 unspecified atom stereocenters. The van der Waals surface area contributed by atoms with Gasteiger partial charge in [0.15, 0.2) is 16.3 Å². The summed E-state index contributed by atoms with van der Waals surface area (Å²) in [6.45, 7) is 2.60. The molecule has 0 aliphatic heterocycles. The van der Waals surface area contributed by atoms with Crippen molar-refractivity contribution in [2.45, 2.75) is 38.6 Å². The van der Waals surface area contributed by atoms with Crippen LogP contribution in [0.3, 0.4) is 0 Å². The zero-order valence-electron chi connectivity index (χ0n) is 19.1. The smallest absolute Gasteiger partial charge is 0.203 e. The van der Waals surface area contributed by atoms with Crippen molar-refractivity contribution >= 4 is 17.0 Å². The lowest BCUT2D eigenvalue weighted by atomic mass is 10.1. The van der Waals surface area contributed by atoms with Gasteiger partial charge in [0, 0.05) is 17.0 Å². The Morgan fingerprint density at radius 2 is 1.66 bits per heavy atom. The molecule has 6 nitrogen and oxygen atoms in total. The third-order valence-electron chi connectivity index (χ3n) is 5.77. The van der Waals surface area contributed by atoms with Crippen molar-refractivity contribution in [2.75, 3.05) is 27.9 Å². The highest BCUT2D eigenvalue weighted by atomic mass is 32.1. The van der Waals surface area contributed by atoms with Crippen molar-refractivity contribution in [1.82, 2.24) is 4.57 Å². The molecule has 1 saturated carbocycles. The van der Waals surface area contributed by atoms with E-state index < -0.39 is 0 Å². The van der Waals surface area contributed by atoms with E-state index >= 15 is 0 Å². The van der Waals surface area contributed by atoms with Crippen molar-refractivity contribution in [1.29, 1.82) is 0 Å². The van der Waals surface area contributed by atoms with Gasteiger partial charge in [-0.3, -0.25) is 0 Å². The minimum absolute atomic E-state index is 0.411. The number of aromatic nitrogens is 1. The Kier molecular flexibility index (Phi) is 7.05. The Bertz CT molecular complexity index is 1100. The summed E-state index contributed by atoms with van der Waals surface area (Å²) < 4.78 is 24.9. The van der Waals surface area contributed by atoms with Crippen molar-refractivity contribution < 1.29 is 18.9 Å². The predicted molar refractivity (Wildman–Crippen MR) is 128 cm³/mol. The quantitative estimate of drug-likeness (QED) is 0.420. The summed E-state index contributed by atoms with van der Waals surface area (Å²) in [6.07, 6.45) is 4.76. The van der Waals surface area contributed by atoms with Crippen molar-refractivity contribution in [3.63, 3.8) is 0 Å². The van der Waals surface area contributed by atoms with Gasteiger partial charge >= 0.3 is 0 Å². The van der Waals surface area contributed by atoms with E-state index in [9.17, 15) is 0 Å². The van der Waals surface area contributed by atoms with E-state index in [1.54, 1.807) is 32.7 Å². The highest BCUT2D eigenvalue weighted by Gasteiger charge is 2.23. The number of nitrogens with zero attached hydrogens (tertiary/aromatic N) is 2. The Balaban J connectivity index is 1.90. The van der Waals surface area contributed by atoms with Gasteiger partial charge in [-0.1, -0.05) is 25.0 Å². The van der Waals surface area contributed by atoms with Crippen LogP contribution in [-0.2, 0) is 0 Å². The van der Waals surface area contributed by atoms with Gasteiger partial charge in [0.25, 0.3) is 0 Å². The highest BCUT2D eigenvalue weighted by Crippen LogP contribution is 2.42. The maximum atomic E-state index is 5.81. The van der Waals surface area contributed by atoms with E-state index in [0.29, 0.717) is 29.9 Å². The van der Waals surface area contributed by atoms with Gasteiger partial charge in [-0.25, -0.2) is 4.99 Å². The highest BCUT2D eigenvalue weighted by molar-refractivity contribution is 7.07. The van der Waals surface area contributed by atoms with Crippen LogP contribution in [0.15, 0.2) is 46.8 Å². The average Bonchev–Trinajstić information content (AvgIpc) is 3.49. The Labute approximate surface area is 193 Å². The molecule has 4 rings (SSSR count). The van der Waals surface area contributed by atoms with Crippen LogP contribution in [0.25, 0.3) is 11.3 Å². The first kappa shape index (κ1) is 22.3. The molecule has 0 bridgehead atoms. The molecule has 3 aromatic rings. The number of thiazole rings is 1. The molecule has 1 heterocycles. The molecule has 1 aliphatic carbocycles. The number of ether oxygens (including phenoxy) is 4. The summed E-state index contributed by atoms with van der Waals surface area (Å²) in [5.74, 6) is 2.69. The Hall–Kier alpha value is -2.93. The van der Waals surface area contributed by atoms with E-state index in [4.69, 9.17) is 23.9 Å². The standard InChI is InChI=1S/C25H30N2O4S/c1-5-31-21-13-9-8-12-19(21)26-25-27(18-10-6-7-11-18)20(16-32-25)17-14-22(28-2)24(30-4)23(15-17)29-3/h8-9,12-16,18H,5-7,10-11H2,1-4H3. The molecular formula is C25H30N2O4S. The summed E-state index contributed by atoms with van der Waals surface area (Å²) >= 11 is 1.64. The van der Waals surface area contributed by atoms with Gasteiger partial charge in [-0.05, 0) is 44.0 Å². The zero-order chi connectivity index (χ0) is 22.5. The van der Waals surface area contributed by atoms with Gasteiger partial charge in [-0.2, -0.15) is 0 Å². The second kappa shape index (κ2) is 10.1. The fourth-order valence-corrected chi connectivity index (χ4v) is 5.27. The molecule has 1 fully saturated rings. The molecule has 0 amide bonds. The molecule has 2 aromatic carbocycles. The third kappa shape index (κ3) is 4.35. The number of rotatable bonds is 8. The van der Waals surface area contributed by atoms with Crippen LogP contribution in [-0.4, -0.2) is 32.5 Å². The molecule has 170 valence electrons. The largest absolute Gasteiger partial charge is 0.493 e. The topological polar surface area (TPSA) is 54.2 Å². The second-order valence-corrected chi connectivity index (χ2v) is 8.47. The first-order valence-corrected chi connectivity index (χ1v) is 11.8. The third-order valence-corrected chi connectivity index (χ3v) is 6.61. The molecular weight excluding hydrogens is 424 g/mol. The van der Waals surface area contributed by atoms with Gasteiger partial charge in [0.1, 0.15) is 11.4 Å². The fraction of sp³-hybridized carbons (Fsp3) is 0.400. The van der Waals surface area contributed by atoms with Crippen LogP contribution in [0, 0.1) is 0 Å². The van der Waals surface area contributed by atoms with Crippen molar-refractivity contribution in [2.24, 2.45) is 4.99 Å². The molecule has 0 N–H and O–H groups in total. The Morgan fingerprint density at radius 1 is 0.969 bits per heavy atom. The van der Waals surface area contributed by atoms with Crippen LogP contribution < -0.4 is 23.7 Å². The number of methoxy groups -OCH3 is 3. The lowest BCUT2D eigenvalue weighted by molar-refractivity contribution is 0.324. The van der Waals surface area contributed by atoms with Crippen LogP contribution in [0.2, 0.25) is 0 Å². The van der Waals surface area contributed by atoms with E-state index in [0.717, 1.165) is 40.3 Å². The summed E-state index contributed by atoms with van der Waals surface area (Å²) in [5.41, 5.74) is 2.97. The van der Waals surface area contributed by atoms with Gasteiger partial charge in [-0.15, -0.1) is 11.3 Å². The molecule has 32 heavy (non-hydrogen) atoms. The van der Waals surface area contributed by atoms with E-state index in [1.807, 2.05) is 43.3 Å². The maximum Gasteiger partial charge on any atom is 0.203 e. The summed E-state index contributed by atoms with van der Waals surface area (Å²) in [5, 5.41) is 2.17. The molecule has 1 aromatic heterocycles. The fourth-order valence-electron chi connectivity index (χ4n) is 4.29. The molecule has 1 aliphatic rings. The summed E-state index contributed by atoms with van der Waals surface area (Å²) in [4.78, 5) is 6.00. The normalized spacial score (nSPS) is 14.6. The molecule has 0 saturated heterocycles. The van der Waals surface area contributed by atoms with Gasteiger partial charge in [0.2, 0.25) is 5.75 Å². The van der Waals surface area contributed by atoms with Gasteiger partial charge in [0.05, 0.1) is 33.6 Å². The van der Waals surface area contributed by atoms with Crippen molar-refractivity contribution in [3.05, 3.63) is 46.6 Å². The monoisotopic (exact) mass is 454 g/mol. The van der Waals surface area contributed by atoms with Crippen LogP contribution >= 0.6 is 11.3 Å². The molecule has 7 heteroatoms. The van der Waals surface area contributed by atoms with E-state index in [-0.39, 0.29) is 0 Å². The number of hydrogen-bond donors (Lipinski definition) is 0. The molecule has 0 radical (unpaired) electrons. The Morgan fingerprint density at radius 3 is 2.28 bits per heavy atom. The summed E-state index contributed by atoms with van der Waals surface area (Å²) in [6, 6.07) is 12.4. The second-order valence-electron chi connectivity index (χ2n) is 7.64. The average molecular weight is 455 g/mol. The molecule has 0 atom stereocenters. The lowest BCUT2D eigenvalue weighted by Gasteiger charge is -2.18. The van der Waals surface area contributed by atoms with E-state index in [1.165, 1.54) is 12.8 Å². The number of benzene rings is 2. The minimum atomic E-state index is 0.411. The van der Waals surface area contributed by atoms with Crippen LogP contribution in [0.5, 0.6) is 23.0 Å². The SMILES string of the molecule is CCOc1ccccc1N=c1scc(-c2cc(OC)c(OC)c(OC)c2)n1C1CCCC1. The molecule has 0 spiro atoms. The summed E-state index contributed by atoms with van der Waals surface area (Å²) in [7, 11) is 4.91. The van der Waals surface area contributed by atoms with Crippen molar-refractivity contribution in [3.8, 4) is 34.3 Å².